The Kier molecular flexibility index (Phi) is 4.07. The fraction of sp³-hybridized carbons (Fsp3) is 0.222. The fourth-order valence-electron chi connectivity index (χ4n) is 0.770. The molecule has 0 fully saturated rings. The maximum absolute atomic E-state index is 5.06. The first kappa shape index (κ1) is 9.51. The number of hydrogen-bond acceptors (Lipinski definition) is 2. The molecule has 0 spiro atoms. The standard InChI is InChI=1S/C9H10INO/c1-8(10)11-12-7-9-5-3-2-4-6-9/h2-6H,7H2,1H3/b11-8+. The summed E-state index contributed by atoms with van der Waals surface area (Å²) in [5.41, 5.74) is 1.14. The van der Waals surface area contributed by atoms with Crippen molar-refractivity contribution in [3.05, 3.63) is 35.9 Å². The maximum Gasteiger partial charge on any atom is 0.142 e. The fourth-order valence-corrected chi connectivity index (χ4v) is 0.909. The van der Waals surface area contributed by atoms with E-state index in [0.29, 0.717) is 6.61 Å². The molecule has 1 aromatic carbocycles. The molecule has 0 heterocycles. The van der Waals surface area contributed by atoms with Gasteiger partial charge in [-0.2, -0.15) is 0 Å². The molecule has 3 heteroatoms. The molecular weight excluding hydrogens is 265 g/mol. The summed E-state index contributed by atoms with van der Waals surface area (Å²) in [5.74, 6) is 0. The minimum absolute atomic E-state index is 0.543. The Morgan fingerprint density at radius 1 is 1.42 bits per heavy atom. The molecule has 0 aliphatic rings. The Morgan fingerprint density at radius 3 is 2.67 bits per heavy atom. The minimum atomic E-state index is 0.543. The molecule has 0 radical (unpaired) electrons. The van der Waals surface area contributed by atoms with Crippen molar-refractivity contribution < 1.29 is 4.84 Å². The highest BCUT2D eigenvalue weighted by atomic mass is 127. The van der Waals surface area contributed by atoms with E-state index in [0.717, 1.165) is 9.28 Å². The Balaban J connectivity index is 2.39. The monoisotopic (exact) mass is 275 g/mol. The molecule has 0 bridgehead atoms. The van der Waals surface area contributed by atoms with Crippen molar-refractivity contribution >= 4 is 26.3 Å². The van der Waals surface area contributed by atoms with Crippen LogP contribution < -0.4 is 0 Å². The van der Waals surface area contributed by atoms with Gasteiger partial charge in [0.15, 0.2) is 0 Å². The lowest BCUT2D eigenvalue weighted by molar-refractivity contribution is 0.131. The highest BCUT2D eigenvalue weighted by Gasteiger charge is 1.89. The molecule has 64 valence electrons. The first-order chi connectivity index (χ1) is 5.79. The third-order valence-electron chi connectivity index (χ3n) is 1.26. The predicted molar refractivity (Wildman–Crippen MR) is 58.4 cm³/mol. The van der Waals surface area contributed by atoms with Crippen molar-refractivity contribution in [1.29, 1.82) is 0 Å². The smallest absolute Gasteiger partial charge is 0.142 e. The normalized spacial score (nSPS) is 11.3. The van der Waals surface area contributed by atoms with E-state index in [1.807, 2.05) is 37.3 Å². The van der Waals surface area contributed by atoms with Crippen molar-refractivity contribution in [3.8, 4) is 0 Å². The van der Waals surface area contributed by atoms with Crippen LogP contribution in [0.4, 0.5) is 0 Å². The lowest BCUT2D eigenvalue weighted by atomic mass is 10.2. The molecule has 0 aromatic heterocycles. The van der Waals surface area contributed by atoms with Crippen LogP contribution in [0.25, 0.3) is 0 Å². The summed E-state index contributed by atoms with van der Waals surface area (Å²) >= 11 is 2.11. The molecule has 0 aliphatic carbocycles. The molecule has 0 saturated carbocycles. The molecule has 0 unspecified atom stereocenters. The summed E-state index contributed by atoms with van der Waals surface area (Å²) in [6.07, 6.45) is 0. The lowest BCUT2D eigenvalue weighted by Crippen LogP contribution is -1.87. The third-order valence-corrected chi connectivity index (χ3v) is 1.46. The minimum Gasteiger partial charge on any atom is -0.390 e. The number of benzene rings is 1. The van der Waals surface area contributed by atoms with E-state index < -0.39 is 0 Å². The molecule has 1 rings (SSSR count). The van der Waals surface area contributed by atoms with Gasteiger partial charge in [0, 0.05) is 0 Å². The highest BCUT2D eigenvalue weighted by molar-refractivity contribution is 14.1. The van der Waals surface area contributed by atoms with Crippen LogP contribution in [0.1, 0.15) is 12.5 Å². The molecule has 0 aliphatic heterocycles. The van der Waals surface area contributed by atoms with Crippen molar-refractivity contribution in [2.75, 3.05) is 0 Å². The Bertz CT molecular complexity index is 254. The van der Waals surface area contributed by atoms with Crippen LogP contribution in [0.5, 0.6) is 0 Å². The summed E-state index contributed by atoms with van der Waals surface area (Å²) < 4.78 is 0.906. The number of rotatable bonds is 3. The van der Waals surface area contributed by atoms with Gasteiger partial charge in [-0.1, -0.05) is 35.5 Å². The van der Waals surface area contributed by atoms with E-state index in [9.17, 15) is 0 Å². The zero-order chi connectivity index (χ0) is 8.81. The molecule has 0 saturated heterocycles. The zero-order valence-corrected chi connectivity index (χ0v) is 8.98. The summed E-state index contributed by atoms with van der Waals surface area (Å²) in [7, 11) is 0. The van der Waals surface area contributed by atoms with Gasteiger partial charge in [0.25, 0.3) is 0 Å². The Labute approximate surface area is 85.8 Å². The van der Waals surface area contributed by atoms with Crippen LogP contribution in [-0.2, 0) is 11.4 Å². The number of oxime groups is 1. The van der Waals surface area contributed by atoms with Crippen LogP contribution in [0.15, 0.2) is 35.5 Å². The molecule has 1 aromatic rings. The number of nitrogens with zero attached hydrogens (tertiary/aromatic N) is 1. The van der Waals surface area contributed by atoms with E-state index in [-0.39, 0.29) is 0 Å². The first-order valence-electron chi connectivity index (χ1n) is 3.65. The summed E-state index contributed by atoms with van der Waals surface area (Å²) in [4.78, 5) is 5.06. The Hall–Kier alpha value is -0.580. The zero-order valence-electron chi connectivity index (χ0n) is 6.83. The highest BCUT2D eigenvalue weighted by Crippen LogP contribution is 2.01. The first-order valence-corrected chi connectivity index (χ1v) is 4.73. The van der Waals surface area contributed by atoms with Crippen LogP contribution in [-0.4, -0.2) is 3.72 Å². The molecule has 0 atom stereocenters. The van der Waals surface area contributed by atoms with Crippen LogP contribution in [0.2, 0.25) is 0 Å². The third kappa shape index (κ3) is 3.71. The second-order valence-electron chi connectivity index (χ2n) is 2.35. The van der Waals surface area contributed by atoms with Gasteiger partial charge in [0.05, 0.1) is 0 Å². The van der Waals surface area contributed by atoms with Gasteiger partial charge in [-0.3, -0.25) is 0 Å². The van der Waals surface area contributed by atoms with E-state index in [4.69, 9.17) is 4.84 Å². The molecule has 0 N–H and O–H groups in total. The molecule has 0 amide bonds. The molecule has 12 heavy (non-hydrogen) atoms. The van der Waals surface area contributed by atoms with Crippen LogP contribution in [0, 0.1) is 0 Å². The summed E-state index contributed by atoms with van der Waals surface area (Å²) in [5, 5.41) is 3.82. The summed E-state index contributed by atoms with van der Waals surface area (Å²) in [6.45, 7) is 2.44. The number of hydrogen-bond donors (Lipinski definition) is 0. The van der Waals surface area contributed by atoms with Crippen molar-refractivity contribution in [2.45, 2.75) is 13.5 Å². The molecule has 2 nitrogen and oxygen atoms in total. The van der Waals surface area contributed by atoms with E-state index in [1.54, 1.807) is 0 Å². The Morgan fingerprint density at radius 2 is 2.08 bits per heavy atom. The quantitative estimate of drug-likeness (QED) is 0.472. The van der Waals surface area contributed by atoms with Gasteiger partial charge in [-0.15, -0.1) is 0 Å². The van der Waals surface area contributed by atoms with Crippen molar-refractivity contribution in [3.63, 3.8) is 0 Å². The van der Waals surface area contributed by atoms with Gasteiger partial charge < -0.3 is 4.84 Å². The number of halogens is 1. The second kappa shape index (κ2) is 5.13. The van der Waals surface area contributed by atoms with Gasteiger partial charge in [0.1, 0.15) is 10.3 Å². The predicted octanol–water partition coefficient (Wildman–Crippen LogP) is 2.97. The lowest BCUT2D eigenvalue weighted by Gasteiger charge is -1.98. The topological polar surface area (TPSA) is 21.6 Å². The summed E-state index contributed by atoms with van der Waals surface area (Å²) in [6, 6.07) is 9.98. The largest absolute Gasteiger partial charge is 0.390 e. The van der Waals surface area contributed by atoms with E-state index in [1.165, 1.54) is 0 Å². The van der Waals surface area contributed by atoms with Crippen molar-refractivity contribution in [2.24, 2.45) is 5.16 Å². The van der Waals surface area contributed by atoms with Gasteiger partial charge >= 0.3 is 0 Å². The van der Waals surface area contributed by atoms with Crippen LogP contribution >= 0.6 is 22.6 Å². The maximum atomic E-state index is 5.06. The van der Waals surface area contributed by atoms with Crippen molar-refractivity contribution in [1.82, 2.24) is 0 Å². The van der Waals surface area contributed by atoms with Gasteiger partial charge in [0.2, 0.25) is 0 Å². The SMILES string of the molecule is C/C(I)=N\OCc1ccccc1. The molecular formula is C9H10INO. The average Bonchev–Trinajstić information content (AvgIpc) is 2.05. The van der Waals surface area contributed by atoms with Crippen LogP contribution in [0.3, 0.4) is 0 Å². The van der Waals surface area contributed by atoms with Gasteiger partial charge in [-0.05, 0) is 35.1 Å². The van der Waals surface area contributed by atoms with Gasteiger partial charge in [-0.25, -0.2) is 0 Å². The van der Waals surface area contributed by atoms with E-state index >= 15 is 0 Å². The second-order valence-corrected chi connectivity index (χ2v) is 3.91. The van der Waals surface area contributed by atoms with E-state index in [2.05, 4.69) is 27.7 Å². The average molecular weight is 275 g/mol.